The lowest BCUT2D eigenvalue weighted by Gasteiger charge is -2.27. The number of halogens is 4. The second-order valence-corrected chi connectivity index (χ2v) is 7.08. The maximum absolute atomic E-state index is 12.2. The van der Waals surface area contributed by atoms with Gasteiger partial charge in [-0.25, -0.2) is 0 Å². The first-order valence-corrected chi connectivity index (χ1v) is 9.76. The monoisotopic (exact) mass is 566 g/mol. The predicted molar refractivity (Wildman–Crippen MR) is 131 cm³/mol. The molecular formula is C22H30F3IN4O2. The highest BCUT2D eigenvalue weighted by Crippen LogP contribution is 2.27. The average molecular weight is 566 g/mol. The smallest absolute Gasteiger partial charge is 0.422 e. The quantitative estimate of drug-likeness (QED) is 0.271. The Balaban J connectivity index is 0.00000512. The summed E-state index contributed by atoms with van der Waals surface area (Å²) in [4.78, 5) is 6.33. The van der Waals surface area contributed by atoms with E-state index in [1.165, 1.54) is 12.1 Å². The third kappa shape index (κ3) is 9.11. The maximum Gasteiger partial charge on any atom is 0.422 e. The fraction of sp³-hybridized carbons (Fsp3) is 0.409. The molecule has 2 rings (SSSR count). The van der Waals surface area contributed by atoms with E-state index in [1.54, 1.807) is 26.3 Å². The standard InChI is InChI=1S/C22H29F3N4O2.HI/c1-26-21(27-13-16-9-11-17(12-10-16)31-15-22(23,24)25)28-14-19(29(2)3)18-7-5-6-8-20(18)30-4;/h5-12,19H,13-15H2,1-4H3,(H2,26,27,28);1H. The molecule has 6 nitrogen and oxygen atoms in total. The molecule has 0 radical (unpaired) electrons. The Morgan fingerprint density at radius 1 is 1.06 bits per heavy atom. The molecule has 0 aliphatic rings. The molecule has 178 valence electrons. The Labute approximate surface area is 204 Å². The minimum Gasteiger partial charge on any atom is -0.496 e. The van der Waals surface area contributed by atoms with Gasteiger partial charge in [0.2, 0.25) is 0 Å². The van der Waals surface area contributed by atoms with Crippen molar-refractivity contribution in [3.63, 3.8) is 0 Å². The molecule has 0 fully saturated rings. The molecule has 0 aromatic heterocycles. The van der Waals surface area contributed by atoms with E-state index in [-0.39, 0.29) is 35.8 Å². The van der Waals surface area contributed by atoms with Crippen molar-refractivity contribution in [3.8, 4) is 11.5 Å². The summed E-state index contributed by atoms with van der Waals surface area (Å²) in [7, 11) is 7.32. The summed E-state index contributed by atoms with van der Waals surface area (Å²) >= 11 is 0. The van der Waals surface area contributed by atoms with Crippen LogP contribution in [0.25, 0.3) is 0 Å². The molecule has 2 aromatic carbocycles. The van der Waals surface area contributed by atoms with Crippen LogP contribution in [-0.4, -0.2) is 58.4 Å². The largest absolute Gasteiger partial charge is 0.496 e. The van der Waals surface area contributed by atoms with E-state index < -0.39 is 12.8 Å². The van der Waals surface area contributed by atoms with Gasteiger partial charge in [-0.1, -0.05) is 30.3 Å². The van der Waals surface area contributed by atoms with Crippen LogP contribution >= 0.6 is 24.0 Å². The first kappa shape index (κ1) is 27.8. The van der Waals surface area contributed by atoms with Gasteiger partial charge in [0.1, 0.15) is 11.5 Å². The summed E-state index contributed by atoms with van der Waals surface area (Å²) in [6.07, 6.45) is -4.35. The van der Waals surface area contributed by atoms with Crippen LogP contribution in [0.5, 0.6) is 11.5 Å². The molecule has 0 saturated carbocycles. The summed E-state index contributed by atoms with van der Waals surface area (Å²) < 4.78 is 46.9. The van der Waals surface area contributed by atoms with E-state index in [0.29, 0.717) is 19.0 Å². The van der Waals surface area contributed by atoms with Gasteiger partial charge in [-0.3, -0.25) is 4.99 Å². The van der Waals surface area contributed by atoms with Crippen LogP contribution in [0, 0.1) is 0 Å². The van der Waals surface area contributed by atoms with Gasteiger partial charge in [0, 0.05) is 25.7 Å². The Bertz CT molecular complexity index is 846. The minimum absolute atomic E-state index is 0. The number of aliphatic imine (C=N–C) groups is 1. The minimum atomic E-state index is -4.35. The normalized spacial score (nSPS) is 12.7. The third-order valence-electron chi connectivity index (χ3n) is 4.59. The molecule has 0 amide bonds. The average Bonchev–Trinajstić information content (AvgIpc) is 2.74. The van der Waals surface area contributed by atoms with Crippen molar-refractivity contribution in [1.82, 2.24) is 15.5 Å². The van der Waals surface area contributed by atoms with E-state index in [1.807, 2.05) is 38.4 Å². The summed E-state index contributed by atoms with van der Waals surface area (Å²) in [5, 5.41) is 6.52. The molecule has 2 N–H and O–H groups in total. The number of alkyl halides is 3. The lowest BCUT2D eigenvalue weighted by Crippen LogP contribution is -2.41. The maximum atomic E-state index is 12.2. The molecule has 10 heteroatoms. The molecule has 0 bridgehead atoms. The van der Waals surface area contributed by atoms with E-state index >= 15 is 0 Å². The van der Waals surface area contributed by atoms with E-state index in [2.05, 4.69) is 20.5 Å². The van der Waals surface area contributed by atoms with Crippen molar-refractivity contribution in [1.29, 1.82) is 0 Å². The van der Waals surface area contributed by atoms with Crippen LogP contribution in [0.2, 0.25) is 0 Å². The van der Waals surface area contributed by atoms with Crippen LogP contribution in [0.15, 0.2) is 53.5 Å². The van der Waals surface area contributed by atoms with Gasteiger partial charge in [0.05, 0.1) is 13.2 Å². The van der Waals surface area contributed by atoms with Crippen LogP contribution < -0.4 is 20.1 Å². The fourth-order valence-electron chi connectivity index (χ4n) is 2.98. The highest BCUT2D eigenvalue weighted by molar-refractivity contribution is 14.0. The summed E-state index contributed by atoms with van der Waals surface area (Å²) in [6.45, 7) is -0.252. The van der Waals surface area contributed by atoms with Crippen LogP contribution in [0.4, 0.5) is 13.2 Å². The molecule has 1 unspecified atom stereocenters. The number of nitrogens with one attached hydrogen (secondary N) is 2. The molecule has 0 aliphatic heterocycles. The Morgan fingerprint density at radius 3 is 2.28 bits per heavy atom. The predicted octanol–water partition coefficient (Wildman–Crippen LogP) is 4.22. The van der Waals surface area contributed by atoms with Gasteiger partial charge in [-0.05, 0) is 37.9 Å². The Hall–Kier alpha value is -2.21. The second kappa shape index (κ2) is 13.4. The van der Waals surface area contributed by atoms with E-state index in [0.717, 1.165) is 16.9 Å². The second-order valence-electron chi connectivity index (χ2n) is 7.08. The summed E-state index contributed by atoms with van der Waals surface area (Å²) in [5.74, 6) is 1.60. The highest BCUT2D eigenvalue weighted by Gasteiger charge is 2.28. The van der Waals surface area contributed by atoms with Crippen LogP contribution in [0.3, 0.4) is 0 Å². The third-order valence-corrected chi connectivity index (χ3v) is 4.59. The van der Waals surface area contributed by atoms with Gasteiger partial charge in [-0.15, -0.1) is 24.0 Å². The van der Waals surface area contributed by atoms with E-state index in [9.17, 15) is 13.2 Å². The number of methoxy groups -OCH3 is 1. The number of benzene rings is 2. The topological polar surface area (TPSA) is 58.1 Å². The zero-order valence-corrected chi connectivity index (χ0v) is 20.9. The molecule has 2 aromatic rings. The van der Waals surface area contributed by atoms with Crippen molar-refractivity contribution in [2.24, 2.45) is 4.99 Å². The number of likely N-dealkylation sites (N-methyl/N-ethyl adjacent to an activating group) is 1. The van der Waals surface area contributed by atoms with Gasteiger partial charge in [0.15, 0.2) is 12.6 Å². The molecule has 1 atom stereocenters. The molecule has 32 heavy (non-hydrogen) atoms. The zero-order valence-electron chi connectivity index (χ0n) is 18.6. The molecule has 0 heterocycles. The number of guanidine groups is 1. The van der Waals surface area contributed by atoms with Crippen molar-refractivity contribution in [2.75, 3.05) is 41.4 Å². The fourth-order valence-corrected chi connectivity index (χ4v) is 2.98. The van der Waals surface area contributed by atoms with Gasteiger partial charge in [-0.2, -0.15) is 13.2 Å². The first-order chi connectivity index (χ1) is 14.7. The molecular weight excluding hydrogens is 536 g/mol. The lowest BCUT2D eigenvalue weighted by molar-refractivity contribution is -0.153. The zero-order chi connectivity index (χ0) is 22.9. The van der Waals surface area contributed by atoms with Crippen molar-refractivity contribution in [3.05, 3.63) is 59.7 Å². The number of para-hydroxylation sites is 1. The molecule has 0 saturated heterocycles. The molecule has 0 spiro atoms. The van der Waals surface area contributed by atoms with Crippen LogP contribution in [0.1, 0.15) is 17.2 Å². The van der Waals surface area contributed by atoms with Gasteiger partial charge in [0.25, 0.3) is 0 Å². The Kier molecular flexibility index (Phi) is 11.6. The first-order valence-electron chi connectivity index (χ1n) is 9.76. The number of ether oxygens (including phenoxy) is 2. The SMILES string of the molecule is CN=C(NCc1ccc(OCC(F)(F)F)cc1)NCC(c1ccccc1OC)N(C)C.I. The van der Waals surface area contributed by atoms with Crippen molar-refractivity contribution in [2.45, 2.75) is 18.8 Å². The number of hydrogen-bond acceptors (Lipinski definition) is 4. The molecule has 0 aliphatic carbocycles. The summed E-state index contributed by atoms with van der Waals surface area (Å²) in [6, 6.07) is 14.4. The number of nitrogens with zero attached hydrogens (tertiary/aromatic N) is 2. The van der Waals surface area contributed by atoms with Gasteiger partial charge >= 0.3 is 6.18 Å². The van der Waals surface area contributed by atoms with E-state index in [4.69, 9.17) is 9.47 Å². The van der Waals surface area contributed by atoms with Crippen LogP contribution in [-0.2, 0) is 6.54 Å². The summed E-state index contributed by atoms with van der Waals surface area (Å²) in [5.41, 5.74) is 1.95. The number of rotatable bonds is 9. The Morgan fingerprint density at radius 2 is 1.72 bits per heavy atom. The van der Waals surface area contributed by atoms with Crippen molar-refractivity contribution >= 4 is 29.9 Å². The lowest BCUT2D eigenvalue weighted by atomic mass is 10.0. The highest BCUT2D eigenvalue weighted by atomic mass is 127. The van der Waals surface area contributed by atoms with Crippen molar-refractivity contribution < 1.29 is 22.6 Å². The number of hydrogen-bond donors (Lipinski definition) is 2. The van der Waals surface area contributed by atoms with Gasteiger partial charge < -0.3 is 25.0 Å².